The number of carbonyl (C=O) groups excluding carboxylic acids is 3. The first-order valence-corrected chi connectivity index (χ1v) is 14.3. The predicted molar refractivity (Wildman–Crippen MR) is 164 cm³/mol. The van der Waals surface area contributed by atoms with Crippen LogP contribution in [0.3, 0.4) is 0 Å². The van der Waals surface area contributed by atoms with Gasteiger partial charge in [-0.1, -0.05) is 78.7 Å². The molecule has 3 amide bonds. The van der Waals surface area contributed by atoms with Gasteiger partial charge in [-0.15, -0.1) is 0 Å². The zero-order valence-corrected chi connectivity index (χ0v) is 25.4. The molecule has 0 aliphatic carbocycles. The van der Waals surface area contributed by atoms with Crippen LogP contribution in [0, 0.1) is 13.8 Å². The summed E-state index contributed by atoms with van der Waals surface area (Å²) in [6.45, 7) is 11.7. The van der Waals surface area contributed by atoms with Crippen molar-refractivity contribution in [1.82, 2.24) is 15.5 Å². The van der Waals surface area contributed by atoms with E-state index in [1.54, 1.807) is 37.8 Å². The number of nitrogens with zero attached hydrogens (tertiary/aromatic N) is 1. The smallest absolute Gasteiger partial charge is 0.408 e. The average molecular weight is 574 g/mol. The second-order valence-corrected chi connectivity index (χ2v) is 11.6. The van der Waals surface area contributed by atoms with Crippen molar-refractivity contribution in [3.63, 3.8) is 0 Å². The van der Waals surface area contributed by atoms with E-state index < -0.39 is 29.7 Å². The summed E-state index contributed by atoms with van der Waals surface area (Å²) in [7, 11) is 0. The summed E-state index contributed by atoms with van der Waals surface area (Å²) in [5, 5.41) is 15.5. The Morgan fingerprint density at radius 1 is 0.905 bits per heavy atom. The highest BCUT2D eigenvalue weighted by molar-refractivity contribution is 5.92. The molecule has 3 N–H and O–H groups in total. The highest BCUT2D eigenvalue weighted by Crippen LogP contribution is 2.26. The molecule has 0 fully saturated rings. The van der Waals surface area contributed by atoms with Crippen LogP contribution >= 0.6 is 0 Å². The maximum Gasteiger partial charge on any atom is 0.408 e. The number of ether oxygens (including phenoxy) is 1. The Balaban J connectivity index is 2.02. The van der Waals surface area contributed by atoms with Gasteiger partial charge in [0.25, 0.3) is 0 Å². The maximum atomic E-state index is 14.4. The number of hydrogen-bond donors (Lipinski definition) is 3. The van der Waals surface area contributed by atoms with Gasteiger partial charge in [0.1, 0.15) is 23.4 Å². The summed E-state index contributed by atoms with van der Waals surface area (Å²) in [5.74, 6) is -0.625. The van der Waals surface area contributed by atoms with Crippen molar-refractivity contribution in [3.8, 4) is 5.75 Å². The molecule has 0 bridgehead atoms. The molecule has 0 aliphatic rings. The Bertz CT molecular complexity index is 1330. The van der Waals surface area contributed by atoms with Crippen LogP contribution in [0.1, 0.15) is 68.0 Å². The zero-order chi connectivity index (χ0) is 30.9. The molecule has 3 rings (SSSR count). The van der Waals surface area contributed by atoms with Gasteiger partial charge in [-0.3, -0.25) is 9.59 Å². The number of aromatic hydroxyl groups is 1. The predicted octanol–water partition coefficient (Wildman–Crippen LogP) is 5.74. The lowest BCUT2D eigenvalue weighted by Crippen LogP contribution is -2.54. The maximum absolute atomic E-state index is 14.4. The zero-order valence-electron chi connectivity index (χ0n) is 25.4. The lowest BCUT2D eigenvalue weighted by molar-refractivity contribution is -0.142. The number of alkyl carbamates (subject to hydrolysis) is 1. The molecule has 224 valence electrons. The fourth-order valence-electron chi connectivity index (χ4n) is 4.85. The monoisotopic (exact) mass is 573 g/mol. The number of phenols is 1. The molecule has 0 aromatic heterocycles. The van der Waals surface area contributed by atoms with Gasteiger partial charge < -0.3 is 25.4 Å². The standard InChI is InChI=1S/C34H43N3O5/c1-7-17-37(32(40)29(36-33(41)42-34(4,5)6)21-25-13-15-28(38)16-14-25)30(27-19-23(2)18-24(3)20-27)31(39)35-22-26-11-9-8-10-12-26/h8-16,18-20,29-30,38H,7,17,21-22H2,1-6H3,(H,35,39)(H,36,41). The van der Waals surface area contributed by atoms with Crippen molar-refractivity contribution in [3.05, 3.63) is 101 Å². The van der Waals surface area contributed by atoms with E-state index >= 15 is 0 Å². The van der Waals surface area contributed by atoms with Crippen LogP contribution in [0.15, 0.2) is 72.8 Å². The van der Waals surface area contributed by atoms with Crippen LogP contribution in [0.5, 0.6) is 5.75 Å². The van der Waals surface area contributed by atoms with Crippen molar-refractivity contribution >= 4 is 17.9 Å². The quantitative estimate of drug-likeness (QED) is 0.271. The summed E-state index contributed by atoms with van der Waals surface area (Å²) in [4.78, 5) is 42.8. The van der Waals surface area contributed by atoms with Crippen LogP contribution < -0.4 is 10.6 Å². The fourth-order valence-corrected chi connectivity index (χ4v) is 4.85. The number of hydrogen-bond acceptors (Lipinski definition) is 5. The van der Waals surface area contributed by atoms with Gasteiger partial charge in [0.15, 0.2) is 0 Å². The number of nitrogens with one attached hydrogen (secondary N) is 2. The Morgan fingerprint density at radius 3 is 2.10 bits per heavy atom. The SMILES string of the molecule is CCCN(C(=O)C(Cc1ccc(O)cc1)NC(=O)OC(C)(C)C)C(C(=O)NCc1ccccc1)c1cc(C)cc(C)c1. The topological polar surface area (TPSA) is 108 Å². The molecule has 0 spiro atoms. The van der Waals surface area contributed by atoms with Crippen LogP contribution in [0.4, 0.5) is 4.79 Å². The Labute approximate surface area is 249 Å². The number of aryl methyl sites for hydroxylation is 2. The van der Waals surface area contributed by atoms with Crippen molar-refractivity contribution in [2.24, 2.45) is 0 Å². The molecule has 0 aliphatic heterocycles. The molecule has 3 aromatic carbocycles. The molecule has 2 unspecified atom stereocenters. The minimum absolute atomic E-state index is 0.0966. The molecule has 2 atom stereocenters. The molecule has 0 saturated heterocycles. The fraction of sp³-hybridized carbons (Fsp3) is 0.382. The van der Waals surface area contributed by atoms with Gasteiger partial charge in [0.05, 0.1) is 0 Å². The third kappa shape index (κ3) is 9.65. The van der Waals surface area contributed by atoms with Crippen LogP contribution in [-0.2, 0) is 27.3 Å². The molecule has 0 saturated carbocycles. The average Bonchev–Trinajstić information content (AvgIpc) is 2.91. The number of phenolic OH excluding ortho intramolecular Hbond substituents is 1. The first-order chi connectivity index (χ1) is 19.9. The van der Waals surface area contributed by atoms with Gasteiger partial charge in [0.2, 0.25) is 11.8 Å². The molecule has 3 aromatic rings. The first-order valence-electron chi connectivity index (χ1n) is 14.3. The van der Waals surface area contributed by atoms with Crippen LogP contribution in [0.2, 0.25) is 0 Å². The Morgan fingerprint density at radius 2 is 1.52 bits per heavy atom. The molecule has 42 heavy (non-hydrogen) atoms. The van der Waals surface area contributed by atoms with E-state index in [0.29, 0.717) is 18.5 Å². The number of amides is 3. The minimum atomic E-state index is -1.02. The lowest BCUT2D eigenvalue weighted by Gasteiger charge is -2.34. The van der Waals surface area contributed by atoms with Crippen LogP contribution in [0.25, 0.3) is 0 Å². The van der Waals surface area contributed by atoms with Gasteiger partial charge in [-0.2, -0.15) is 0 Å². The van der Waals surface area contributed by atoms with Crippen molar-refractivity contribution in [1.29, 1.82) is 0 Å². The van der Waals surface area contributed by atoms with E-state index in [1.807, 2.05) is 69.3 Å². The van der Waals surface area contributed by atoms with Gasteiger partial charge in [0, 0.05) is 19.5 Å². The molecule has 0 radical (unpaired) electrons. The Kier molecular flexibility index (Phi) is 11.1. The summed E-state index contributed by atoms with van der Waals surface area (Å²) >= 11 is 0. The number of rotatable bonds is 11. The van der Waals surface area contributed by atoms with E-state index in [-0.39, 0.29) is 24.6 Å². The summed E-state index contributed by atoms with van der Waals surface area (Å²) in [6, 6.07) is 20.0. The lowest BCUT2D eigenvalue weighted by atomic mass is 9.97. The number of carbonyl (C=O) groups is 3. The normalized spacial score (nSPS) is 12.6. The molecular formula is C34H43N3O5. The highest BCUT2D eigenvalue weighted by Gasteiger charge is 2.36. The van der Waals surface area contributed by atoms with E-state index in [0.717, 1.165) is 22.3 Å². The van der Waals surface area contributed by atoms with E-state index in [9.17, 15) is 19.5 Å². The van der Waals surface area contributed by atoms with Gasteiger partial charge >= 0.3 is 6.09 Å². The summed E-state index contributed by atoms with van der Waals surface area (Å²) in [5.41, 5.74) is 3.55. The van der Waals surface area contributed by atoms with Gasteiger partial charge in [-0.25, -0.2) is 4.79 Å². The van der Waals surface area contributed by atoms with Crippen LogP contribution in [-0.4, -0.2) is 46.1 Å². The van der Waals surface area contributed by atoms with Gasteiger partial charge in [-0.05, 0) is 69.9 Å². The second-order valence-electron chi connectivity index (χ2n) is 11.6. The third-order valence-corrected chi connectivity index (χ3v) is 6.54. The number of benzene rings is 3. The van der Waals surface area contributed by atoms with E-state index in [4.69, 9.17) is 4.74 Å². The summed E-state index contributed by atoms with van der Waals surface area (Å²) < 4.78 is 5.49. The van der Waals surface area contributed by atoms with Crippen molar-refractivity contribution in [2.45, 2.75) is 78.6 Å². The highest BCUT2D eigenvalue weighted by atomic mass is 16.6. The Hall–Kier alpha value is -4.33. The summed E-state index contributed by atoms with van der Waals surface area (Å²) in [6.07, 6.45) is 0.00813. The van der Waals surface area contributed by atoms with E-state index in [2.05, 4.69) is 10.6 Å². The molecule has 8 nitrogen and oxygen atoms in total. The minimum Gasteiger partial charge on any atom is -0.508 e. The first kappa shape index (κ1) is 32.2. The largest absolute Gasteiger partial charge is 0.508 e. The molecule has 0 heterocycles. The van der Waals surface area contributed by atoms with Crippen molar-refractivity contribution in [2.75, 3.05) is 6.54 Å². The second kappa shape index (κ2) is 14.5. The third-order valence-electron chi connectivity index (χ3n) is 6.54. The van der Waals surface area contributed by atoms with Crippen molar-refractivity contribution < 1.29 is 24.2 Å². The van der Waals surface area contributed by atoms with E-state index in [1.165, 1.54) is 12.1 Å². The molecule has 8 heteroatoms. The molecular weight excluding hydrogens is 530 g/mol.